The Morgan fingerprint density at radius 2 is 1.40 bits per heavy atom. The highest BCUT2D eigenvalue weighted by Crippen LogP contribution is 2.39. The Morgan fingerprint density at radius 3 is 1.88 bits per heavy atom. The minimum absolute atomic E-state index is 0.0413. The van der Waals surface area contributed by atoms with Gasteiger partial charge in [0.1, 0.15) is 11.3 Å². The van der Waals surface area contributed by atoms with Gasteiger partial charge in [-0.2, -0.15) is 0 Å². The summed E-state index contributed by atoms with van der Waals surface area (Å²) in [5, 5.41) is 22.7. The average Bonchev–Trinajstić information content (AvgIpc) is 2.59. The van der Waals surface area contributed by atoms with Crippen molar-refractivity contribution < 1.29 is 19.4 Å². The van der Waals surface area contributed by atoms with Gasteiger partial charge in [-0.1, -0.05) is 30.3 Å². The lowest BCUT2D eigenvalue weighted by Crippen LogP contribution is -2.18. The fourth-order valence-electron chi connectivity index (χ4n) is 2.32. The first-order chi connectivity index (χ1) is 11.8. The van der Waals surface area contributed by atoms with Crippen LogP contribution in [0.3, 0.4) is 0 Å². The number of nitro groups is 2. The van der Waals surface area contributed by atoms with E-state index < -0.39 is 38.4 Å². The fraction of sp³-hybridized carbons (Fsp3) is 0.125. The second kappa shape index (κ2) is 6.87. The molecule has 9 heteroatoms. The molecule has 0 saturated carbocycles. The number of hydrogen-bond acceptors (Lipinski definition) is 7. The lowest BCUT2D eigenvalue weighted by molar-refractivity contribution is -0.422. The quantitative estimate of drug-likeness (QED) is 0.342. The summed E-state index contributed by atoms with van der Waals surface area (Å²) in [6.45, 7) is 0. The van der Waals surface area contributed by atoms with Gasteiger partial charge >= 0.3 is 11.4 Å². The van der Waals surface area contributed by atoms with E-state index in [1.165, 1.54) is 49.3 Å². The number of Topliss-reactive ketones (excluding diaryl/α,β-unsaturated/α-hetero) is 2. The van der Waals surface area contributed by atoms with Gasteiger partial charge in [-0.25, -0.2) is 0 Å². The van der Waals surface area contributed by atoms with Gasteiger partial charge in [-0.15, -0.1) is 0 Å². The summed E-state index contributed by atoms with van der Waals surface area (Å²) in [7, 11) is 2.95. The van der Waals surface area contributed by atoms with Gasteiger partial charge in [0.15, 0.2) is 0 Å². The second-order valence-electron chi connectivity index (χ2n) is 5.26. The van der Waals surface area contributed by atoms with Crippen LogP contribution >= 0.6 is 0 Å². The number of carbonyl (C=O) groups is 2. The molecule has 0 atom stereocenters. The molecule has 2 rings (SSSR count). The molecule has 9 nitrogen and oxygen atoms in total. The molecule has 0 heterocycles. The van der Waals surface area contributed by atoms with E-state index >= 15 is 0 Å². The predicted octanol–water partition coefficient (Wildman–Crippen LogP) is 2.63. The molecule has 0 saturated heterocycles. The van der Waals surface area contributed by atoms with Crippen LogP contribution in [-0.2, 0) is 0 Å². The summed E-state index contributed by atoms with van der Waals surface area (Å²) < 4.78 is 0. The summed E-state index contributed by atoms with van der Waals surface area (Å²) in [4.78, 5) is 46.8. The van der Waals surface area contributed by atoms with E-state index in [2.05, 4.69) is 0 Å². The minimum atomic E-state index is -1.17. The van der Waals surface area contributed by atoms with Crippen LogP contribution in [0, 0.1) is 20.2 Å². The van der Waals surface area contributed by atoms with Gasteiger partial charge in [-0.05, 0) is 12.1 Å². The topological polar surface area (TPSA) is 124 Å². The second-order valence-corrected chi connectivity index (χ2v) is 5.26. The molecular weight excluding hydrogens is 330 g/mol. The van der Waals surface area contributed by atoms with Crippen LogP contribution in [0.25, 0.3) is 0 Å². The van der Waals surface area contributed by atoms with Gasteiger partial charge in [0, 0.05) is 19.7 Å². The van der Waals surface area contributed by atoms with Gasteiger partial charge in [-0.3, -0.25) is 29.8 Å². The highest BCUT2D eigenvalue weighted by molar-refractivity contribution is 6.50. The largest absolute Gasteiger partial charge is 0.372 e. The standard InChI is InChI=1S/C16H13N3O6/c1-17(2)12-9-8-11(13(18(22)23)14(12)19(24)25)16(21)15(20)10-6-4-3-5-7-10/h3-9H,1-2H3. The maximum absolute atomic E-state index is 12.4. The molecule has 0 aromatic heterocycles. The molecule has 0 radical (unpaired) electrons. The Labute approximate surface area is 141 Å². The summed E-state index contributed by atoms with van der Waals surface area (Å²) in [6, 6.07) is 9.74. The Morgan fingerprint density at radius 1 is 0.840 bits per heavy atom. The summed E-state index contributed by atoms with van der Waals surface area (Å²) in [5.41, 5.74) is -2.44. The number of hydrogen-bond donors (Lipinski definition) is 0. The number of nitrogens with zero attached hydrogens (tertiary/aromatic N) is 3. The van der Waals surface area contributed by atoms with E-state index in [4.69, 9.17) is 0 Å². The Bertz CT molecular complexity index is 877. The number of benzene rings is 2. The first-order valence-electron chi connectivity index (χ1n) is 7.03. The lowest BCUT2D eigenvalue weighted by Gasteiger charge is -2.13. The molecule has 0 aliphatic rings. The van der Waals surface area contributed by atoms with Crippen LogP contribution in [0.2, 0.25) is 0 Å². The van der Waals surface area contributed by atoms with Crippen molar-refractivity contribution >= 4 is 28.6 Å². The van der Waals surface area contributed by atoms with Crippen LogP contribution in [0.4, 0.5) is 17.1 Å². The van der Waals surface area contributed by atoms with Crippen LogP contribution in [0.1, 0.15) is 20.7 Å². The smallest absolute Gasteiger partial charge is 0.369 e. The Balaban J connectivity index is 2.68. The van der Waals surface area contributed by atoms with Crippen LogP contribution in [0.5, 0.6) is 0 Å². The molecule has 0 fully saturated rings. The highest BCUT2D eigenvalue weighted by Gasteiger charge is 2.37. The molecule has 0 unspecified atom stereocenters. The van der Waals surface area contributed by atoms with Gasteiger partial charge < -0.3 is 4.90 Å². The third-order valence-electron chi connectivity index (χ3n) is 3.46. The highest BCUT2D eigenvalue weighted by atomic mass is 16.6. The molecule has 25 heavy (non-hydrogen) atoms. The molecule has 0 amide bonds. The molecule has 0 spiro atoms. The molecule has 128 valence electrons. The maximum Gasteiger partial charge on any atom is 0.369 e. The number of carbonyl (C=O) groups excluding carboxylic acids is 2. The van der Waals surface area contributed by atoms with E-state index in [9.17, 15) is 29.8 Å². The molecule has 2 aromatic rings. The third-order valence-corrected chi connectivity index (χ3v) is 3.46. The van der Waals surface area contributed by atoms with Crippen molar-refractivity contribution in [2.24, 2.45) is 0 Å². The van der Waals surface area contributed by atoms with E-state index in [1.807, 2.05) is 0 Å². The van der Waals surface area contributed by atoms with E-state index in [1.54, 1.807) is 6.07 Å². The van der Waals surface area contributed by atoms with Gasteiger partial charge in [0.25, 0.3) is 0 Å². The predicted molar refractivity (Wildman–Crippen MR) is 89.2 cm³/mol. The summed E-state index contributed by atoms with van der Waals surface area (Å²) >= 11 is 0. The normalized spacial score (nSPS) is 10.2. The molecule has 0 bridgehead atoms. The monoisotopic (exact) mass is 343 g/mol. The lowest BCUT2D eigenvalue weighted by atomic mass is 9.98. The van der Waals surface area contributed by atoms with Crippen molar-refractivity contribution in [1.29, 1.82) is 0 Å². The zero-order valence-electron chi connectivity index (χ0n) is 13.3. The number of rotatable bonds is 6. The maximum atomic E-state index is 12.4. The third kappa shape index (κ3) is 3.34. The summed E-state index contributed by atoms with van der Waals surface area (Å²) in [5.74, 6) is -2.15. The molecule has 0 N–H and O–H groups in total. The average molecular weight is 343 g/mol. The number of ketones is 2. The Kier molecular flexibility index (Phi) is 4.87. The van der Waals surface area contributed by atoms with Crippen LogP contribution < -0.4 is 4.90 Å². The van der Waals surface area contributed by atoms with Crippen molar-refractivity contribution in [2.45, 2.75) is 0 Å². The zero-order chi connectivity index (χ0) is 18.7. The van der Waals surface area contributed by atoms with Crippen molar-refractivity contribution in [3.63, 3.8) is 0 Å². The fourth-order valence-corrected chi connectivity index (χ4v) is 2.32. The SMILES string of the molecule is CN(C)c1ccc(C(=O)C(=O)c2ccccc2)c([N+](=O)[O-])c1[N+](=O)[O-]. The molecular formula is C16H13N3O6. The Hall–Kier alpha value is -3.62. The van der Waals surface area contributed by atoms with E-state index in [0.717, 1.165) is 6.07 Å². The zero-order valence-corrected chi connectivity index (χ0v) is 13.3. The minimum Gasteiger partial charge on any atom is -0.372 e. The van der Waals surface area contributed by atoms with Gasteiger partial charge in [0.2, 0.25) is 11.6 Å². The van der Waals surface area contributed by atoms with Crippen LogP contribution in [0.15, 0.2) is 42.5 Å². The van der Waals surface area contributed by atoms with Crippen molar-refractivity contribution in [3.05, 3.63) is 73.8 Å². The van der Waals surface area contributed by atoms with E-state index in [-0.39, 0.29) is 11.3 Å². The molecule has 0 aliphatic heterocycles. The van der Waals surface area contributed by atoms with Crippen molar-refractivity contribution in [3.8, 4) is 0 Å². The molecule has 0 aliphatic carbocycles. The first kappa shape index (κ1) is 17.7. The summed E-state index contributed by atoms with van der Waals surface area (Å²) in [6.07, 6.45) is 0. The first-order valence-corrected chi connectivity index (χ1v) is 7.03. The number of anilines is 1. The number of nitro benzene ring substituents is 2. The van der Waals surface area contributed by atoms with E-state index in [0.29, 0.717) is 0 Å². The molecule has 2 aromatic carbocycles. The van der Waals surface area contributed by atoms with Crippen molar-refractivity contribution in [2.75, 3.05) is 19.0 Å². The van der Waals surface area contributed by atoms with Gasteiger partial charge in [0.05, 0.1) is 9.85 Å². The van der Waals surface area contributed by atoms with Crippen LogP contribution in [-0.4, -0.2) is 35.5 Å². The van der Waals surface area contributed by atoms with Crippen molar-refractivity contribution in [1.82, 2.24) is 0 Å².